The Morgan fingerprint density at radius 2 is 2.06 bits per heavy atom. The molecule has 7 nitrogen and oxygen atoms in total. The first-order valence-corrected chi connectivity index (χ1v) is 5.28. The minimum Gasteiger partial charge on any atom is -0.311 e. The Kier molecular flexibility index (Phi) is 2.90. The number of nitrogens with zero attached hydrogens (tertiary/aromatic N) is 2. The lowest BCUT2D eigenvalue weighted by molar-refractivity contribution is 0.782. The number of hydrogen-bond acceptors (Lipinski definition) is 4. The summed E-state index contributed by atoms with van der Waals surface area (Å²) < 4.78 is 0. The fraction of sp³-hybridized carbons (Fsp3) is 0.400. The second-order valence-electron chi connectivity index (χ2n) is 4.09. The molecule has 0 radical (unpaired) electrons. The standard InChI is InChI=1S/C10H13N5O2/c1-5(2)8-7(3-6-4-11-15-14-6)12-10(17)13-9(8)16/h4-5H,3H2,1-2H3,(H,11,14,15)(H2,12,13,16,17). The van der Waals surface area contributed by atoms with Gasteiger partial charge in [-0.2, -0.15) is 15.4 Å². The van der Waals surface area contributed by atoms with E-state index >= 15 is 0 Å². The van der Waals surface area contributed by atoms with Crippen LogP contribution in [0.3, 0.4) is 0 Å². The smallest absolute Gasteiger partial charge is 0.311 e. The van der Waals surface area contributed by atoms with Crippen molar-refractivity contribution in [3.8, 4) is 0 Å². The van der Waals surface area contributed by atoms with Crippen molar-refractivity contribution in [3.63, 3.8) is 0 Å². The fourth-order valence-electron chi connectivity index (χ4n) is 1.78. The average Bonchev–Trinajstić information content (AvgIpc) is 2.68. The molecule has 0 fully saturated rings. The molecule has 0 amide bonds. The molecule has 0 unspecified atom stereocenters. The predicted octanol–water partition coefficient (Wildman–Crippen LogP) is -0.104. The molecule has 2 aromatic rings. The second-order valence-corrected chi connectivity index (χ2v) is 4.09. The van der Waals surface area contributed by atoms with Crippen LogP contribution >= 0.6 is 0 Å². The van der Waals surface area contributed by atoms with Crippen LogP contribution in [0, 0.1) is 0 Å². The van der Waals surface area contributed by atoms with Crippen LogP contribution < -0.4 is 11.2 Å². The number of rotatable bonds is 3. The Bertz CT molecular complexity index is 608. The molecule has 7 heteroatoms. The van der Waals surface area contributed by atoms with Crippen molar-refractivity contribution < 1.29 is 0 Å². The van der Waals surface area contributed by atoms with Crippen molar-refractivity contribution in [2.24, 2.45) is 0 Å². The van der Waals surface area contributed by atoms with Gasteiger partial charge in [0.2, 0.25) is 0 Å². The molecular formula is C10H13N5O2. The summed E-state index contributed by atoms with van der Waals surface area (Å²) in [5, 5.41) is 10.1. The highest BCUT2D eigenvalue weighted by molar-refractivity contribution is 5.23. The van der Waals surface area contributed by atoms with E-state index in [9.17, 15) is 9.59 Å². The van der Waals surface area contributed by atoms with Crippen LogP contribution in [0.15, 0.2) is 15.8 Å². The Hall–Kier alpha value is -2.18. The van der Waals surface area contributed by atoms with E-state index in [-0.39, 0.29) is 11.5 Å². The third kappa shape index (κ3) is 2.32. The topological polar surface area (TPSA) is 107 Å². The second kappa shape index (κ2) is 4.36. The molecule has 0 aliphatic rings. The molecule has 0 bridgehead atoms. The fourth-order valence-corrected chi connectivity index (χ4v) is 1.78. The number of aromatic nitrogens is 5. The summed E-state index contributed by atoms with van der Waals surface area (Å²) in [6.07, 6.45) is 1.94. The van der Waals surface area contributed by atoms with E-state index in [1.54, 1.807) is 6.20 Å². The summed E-state index contributed by atoms with van der Waals surface area (Å²) in [6, 6.07) is 0. The van der Waals surface area contributed by atoms with Crippen molar-refractivity contribution >= 4 is 0 Å². The summed E-state index contributed by atoms with van der Waals surface area (Å²) in [5.41, 5.74) is 0.989. The Labute approximate surface area is 96.3 Å². The number of H-pyrrole nitrogens is 3. The van der Waals surface area contributed by atoms with Gasteiger partial charge in [0.05, 0.1) is 11.9 Å². The molecule has 17 heavy (non-hydrogen) atoms. The summed E-state index contributed by atoms with van der Waals surface area (Å²) in [4.78, 5) is 27.8. The molecule has 3 N–H and O–H groups in total. The van der Waals surface area contributed by atoms with Crippen molar-refractivity contribution in [2.75, 3.05) is 0 Å². The van der Waals surface area contributed by atoms with Crippen LogP contribution in [0.5, 0.6) is 0 Å². The van der Waals surface area contributed by atoms with E-state index in [1.807, 2.05) is 13.8 Å². The number of nitrogens with one attached hydrogen (secondary N) is 3. The van der Waals surface area contributed by atoms with Gasteiger partial charge in [0.15, 0.2) is 0 Å². The molecule has 0 saturated heterocycles. The third-order valence-corrected chi connectivity index (χ3v) is 2.46. The molecule has 0 spiro atoms. The first-order chi connectivity index (χ1) is 8.08. The van der Waals surface area contributed by atoms with Crippen LogP contribution in [0.1, 0.15) is 36.7 Å². The van der Waals surface area contributed by atoms with Gasteiger partial charge in [-0.3, -0.25) is 9.78 Å². The minimum atomic E-state index is -0.502. The van der Waals surface area contributed by atoms with Gasteiger partial charge in [0.25, 0.3) is 5.56 Å². The van der Waals surface area contributed by atoms with Crippen LogP contribution in [0.4, 0.5) is 0 Å². The van der Waals surface area contributed by atoms with Gasteiger partial charge < -0.3 is 4.98 Å². The highest BCUT2D eigenvalue weighted by Gasteiger charge is 2.14. The number of hydrogen-bond donors (Lipinski definition) is 3. The lowest BCUT2D eigenvalue weighted by Gasteiger charge is -2.09. The Morgan fingerprint density at radius 1 is 1.29 bits per heavy atom. The summed E-state index contributed by atoms with van der Waals surface area (Å²) >= 11 is 0. The van der Waals surface area contributed by atoms with Crippen molar-refractivity contribution in [1.82, 2.24) is 25.4 Å². The van der Waals surface area contributed by atoms with E-state index in [0.29, 0.717) is 23.4 Å². The van der Waals surface area contributed by atoms with Gasteiger partial charge in [-0.25, -0.2) is 4.79 Å². The molecule has 0 saturated carbocycles. The molecule has 2 heterocycles. The van der Waals surface area contributed by atoms with Gasteiger partial charge >= 0.3 is 5.69 Å². The van der Waals surface area contributed by atoms with Gasteiger partial charge in [0, 0.05) is 17.7 Å². The zero-order valence-corrected chi connectivity index (χ0v) is 9.57. The molecule has 0 aliphatic carbocycles. The van der Waals surface area contributed by atoms with Crippen LogP contribution in [-0.4, -0.2) is 25.4 Å². The minimum absolute atomic E-state index is 0.0255. The van der Waals surface area contributed by atoms with E-state index in [2.05, 4.69) is 25.4 Å². The number of aromatic amines is 3. The first-order valence-electron chi connectivity index (χ1n) is 5.28. The van der Waals surface area contributed by atoms with Crippen LogP contribution in [-0.2, 0) is 6.42 Å². The Balaban J connectivity index is 2.52. The zero-order chi connectivity index (χ0) is 12.4. The lowest BCUT2D eigenvalue weighted by atomic mass is 10.0. The molecule has 90 valence electrons. The molecule has 0 atom stereocenters. The monoisotopic (exact) mass is 235 g/mol. The molecule has 0 aliphatic heterocycles. The lowest BCUT2D eigenvalue weighted by Crippen LogP contribution is -2.29. The van der Waals surface area contributed by atoms with Crippen LogP contribution in [0.2, 0.25) is 0 Å². The molecule has 2 rings (SSSR count). The van der Waals surface area contributed by atoms with E-state index in [4.69, 9.17) is 0 Å². The highest BCUT2D eigenvalue weighted by Crippen LogP contribution is 2.14. The molecular weight excluding hydrogens is 222 g/mol. The van der Waals surface area contributed by atoms with Gasteiger partial charge in [0.1, 0.15) is 0 Å². The van der Waals surface area contributed by atoms with Gasteiger partial charge in [-0.05, 0) is 5.92 Å². The average molecular weight is 235 g/mol. The SMILES string of the molecule is CC(C)c1c(Cc2cn[nH]n2)[nH]c(=O)[nH]c1=O. The molecule has 0 aromatic carbocycles. The Morgan fingerprint density at radius 3 is 2.65 bits per heavy atom. The maximum Gasteiger partial charge on any atom is 0.325 e. The highest BCUT2D eigenvalue weighted by atomic mass is 16.2. The van der Waals surface area contributed by atoms with Gasteiger partial charge in [-0.15, -0.1) is 0 Å². The van der Waals surface area contributed by atoms with E-state index < -0.39 is 5.69 Å². The van der Waals surface area contributed by atoms with E-state index in [1.165, 1.54) is 0 Å². The van der Waals surface area contributed by atoms with Crippen molar-refractivity contribution in [1.29, 1.82) is 0 Å². The van der Waals surface area contributed by atoms with Crippen molar-refractivity contribution in [2.45, 2.75) is 26.2 Å². The quantitative estimate of drug-likeness (QED) is 0.690. The predicted molar refractivity (Wildman–Crippen MR) is 61.0 cm³/mol. The largest absolute Gasteiger partial charge is 0.325 e. The normalized spacial score (nSPS) is 11.0. The summed E-state index contributed by atoms with van der Waals surface area (Å²) in [7, 11) is 0. The maximum atomic E-state index is 11.7. The molecule has 2 aromatic heterocycles. The summed E-state index contributed by atoms with van der Waals surface area (Å²) in [5.74, 6) is 0.0255. The van der Waals surface area contributed by atoms with Crippen molar-refractivity contribution in [3.05, 3.63) is 44.0 Å². The van der Waals surface area contributed by atoms with Gasteiger partial charge in [-0.1, -0.05) is 13.8 Å². The first kappa shape index (κ1) is 11.3. The summed E-state index contributed by atoms with van der Waals surface area (Å²) in [6.45, 7) is 3.80. The third-order valence-electron chi connectivity index (χ3n) is 2.46. The van der Waals surface area contributed by atoms with Crippen LogP contribution in [0.25, 0.3) is 0 Å². The zero-order valence-electron chi connectivity index (χ0n) is 9.57. The maximum absolute atomic E-state index is 11.7. The van der Waals surface area contributed by atoms with E-state index in [0.717, 1.165) is 0 Å².